The van der Waals surface area contributed by atoms with Crippen molar-refractivity contribution in [3.05, 3.63) is 66.5 Å². The molecule has 0 saturated carbocycles. The Kier molecular flexibility index (Phi) is 5.87. The fourth-order valence-electron chi connectivity index (χ4n) is 3.67. The average Bonchev–Trinajstić information content (AvgIpc) is 3.19. The van der Waals surface area contributed by atoms with Gasteiger partial charge in [0, 0.05) is 44.6 Å². The number of amides is 1. The second kappa shape index (κ2) is 8.89. The Balaban J connectivity index is 1.13. The van der Waals surface area contributed by atoms with Crippen LogP contribution >= 0.6 is 0 Å². The molecule has 0 atom stereocenters. The number of hydrogen-bond donors (Lipinski definition) is 1. The molecule has 0 bridgehead atoms. The highest BCUT2D eigenvalue weighted by molar-refractivity contribution is 5.93. The van der Waals surface area contributed by atoms with E-state index in [-0.39, 0.29) is 5.91 Å². The van der Waals surface area contributed by atoms with Crippen LogP contribution in [0.5, 0.6) is 0 Å². The van der Waals surface area contributed by atoms with E-state index in [0.29, 0.717) is 12.2 Å². The van der Waals surface area contributed by atoms with Crippen LogP contribution < -0.4 is 10.2 Å². The fraction of sp³-hybridized carbons (Fsp3) is 0.364. The minimum Gasteiger partial charge on any atom is -0.369 e. The number of aromatic nitrogens is 2. The summed E-state index contributed by atoms with van der Waals surface area (Å²) in [4.78, 5) is 17.2. The first kappa shape index (κ1) is 18.5. The summed E-state index contributed by atoms with van der Waals surface area (Å²) in [5.41, 5.74) is 2.72. The number of unbranched alkanes of at least 4 members (excludes halogenated alkanes) is 1. The van der Waals surface area contributed by atoms with Gasteiger partial charge in [0.25, 0.3) is 5.91 Å². The Labute approximate surface area is 165 Å². The van der Waals surface area contributed by atoms with E-state index < -0.39 is 0 Å². The molecule has 3 aromatic rings. The van der Waals surface area contributed by atoms with Crippen molar-refractivity contribution >= 4 is 17.1 Å². The monoisotopic (exact) mass is 377 g/mol. The number of carbonyl (C=O) groups excluding carboxylic acids is 1. The summed E-state index contributed by atoms with van der Waals surface area (Å²) in [5.74, 6) is -0.0971. The van der Waals surface area contributed by atoms with E-state index in [4.69, 9.17) is 0 Å². The number of carbonyl (C=O) groups is 1. The highest BCUT2D eigenvalue weighted by Crippen LogP contribution is 2.15. The molecule has 1 fully saturated rings. The standard InChI is InChI=1S/C22H27N5O/c28-22(21-18-20-10-4-6-13-27(20)24-21)23-11-5-7-12-25-14-16-26(17-15-25)19-8-2-1-3-9-19/h1-4,6,8-10,13,18H,5,7,11-12,14-17H2,(H,23,28). The topological polar surface area (TPSA) is 52.9 Å². The average molecular weight is 377 g/mol. The Morgan fingerprint density at radius 3 is 2.54 bits per heavy atom. The molecule has 0 radical (unpaired) electrons. The predicted octanol–water partition coefficient (Wildman–Crippen LogP) is 2.67. The molecule has 28 heavy (non-hydrogen) atoms. The van der Waals surface area contributed by atoms with E-state index in [1.54, 1.807) is 4.52 Å². The van der Waals surface area contributed by atoms with Crippen molar-refractivity contribution in [2.24, 2.45) is 0 Å². The van der Waals surface area contributed by atoms with Gasteiger partial charge in [-0.15, -0.1) is 0 Å². The summed E-state index contributed by atoms with van der Waals surface area (Å²) in [7, 11) is 0. The van der Waals surface area contributed by atoms with Gasteiger partial charge in [-0.2, -0.15) is 5.10 Å². The summed E-state index contributed by atoms with van der Waals surface area (Å²) < 4.78 is 1.73. The number of para-hydroxylation sites is 1. The predicted molar refractivity (Wildman–Crippen MR) is 112 cm³/mol. The lowest BCUT2D eigenvalue weighted by atomic mass is 10.2. The highest BCUT2D eigenvalue weighted by atomic mass is 16.1. The highest BCUT2D eigenvalue weighted by Gasteiger charge is 2.16. The molecule has 0 aliphatic carbocycles. The molecule has 0 spiro atoms. The molecule has 6 heteroatoms. The van der Waals surface area contributed by atoms with Crippen molar-refractivity contribution in [2.45, 2.75) is 12.8 Å². The number of piperazine rings is 1. The third kappa shape index (κ3) is 4.51. The van der Waals surface area contributed by atoms with Crippen LogP contribution in [0.25, 0.3) is 5.52 Å². The number of nitrogens with zero attached hydrogens (tertiary/aromatic N) is 4. The van der Waals surface area contributed by atoms with Crippen molar-refractivity contribution in [1.82, 2.24) is 19.8 Å². The molecule has 0 unspecified atom stereocenters. The van der Waals surface area contributed by atoms with Crippen molar-refractivity contribution in [1.29, 1.82) is 0 Å². The van der Waals surface area contributed by atoms with Gasteiger partial charge in [-0.3, -0.25) is 9.69 Å². The first-order valence-electron chi connectivity index (χ1n) is 10.0. The Morgan fingerprint density at radius 2 is 1.75 bits per heavy atom. The maximum Gasteiger partial charge on any atom is 0.271 e. The Hall–Kier alpha value is -2.86. The van der Waals surface area contributed by atoms with Crippen LogP contribution in [0.4, 0.5) is 5.69 Å². The molecular weight excluding hydrogens is 350 g/mol. The molecule has 1 saturated heterocycles. The van der Waals surface area contributed by atoms with E-state index >= 15 is 0 Å². The lowest BCUT2D eigenvalue weighted by Gasteiger charge is -2.36. The molecule has 1 aliphatic rings. The van der Waals surface area contributed by atoms with E-state index in [1.807, 2.05) is 30.5 Å². The van der Waals surface area contributed by atoms with Gasteiger partial charge in [0.15, 0.2) is 5.69 Å². The zero-order valence-electron chi connectivity index (χ0n) is 16.1. The number of benzene rings is 1. The summed E-state index contributed by atoms with van der Waals surface area (Å²) >= 11 is 0. The number of nitrogens with one attached hydrogen (secondary N) is 1. The van der Waals surface area contributed by atoms with Crippen LogP contribution in [0.1, 0.15) is 23.3 Å². The van der Waals surface area contributed by atoms with Gasteiger partial charge >= 0.3 is 0 Å². The number of fused-ring (bicyclic) bond motifs is 1. The second-order valence-electron chi connectivity index (χ2n) is 7.23. The smallest absolute Gasteiger partial charge is 0.271 e. The van der Waals surface area contributed by atoms with Gasteiger partial charge in [0.05, 0.1) is 5.52 Å². The first-order valence-corrected chi connectivity index (χ1v) is 10.0. The maximum absolute atomic E-state index is 12.2. The lowest BCUT2D eigenvalue weighted by molar-refractivity contribution is 0.0947. The molecule has 6 nitrogen and oxygen atoms in total. The molecule has 3 heterocycles. The Morgan fingerprint density at radius 1 is 0.964 bits per heavy atom. The third-order valence-corrected chi connectivity index (χ3v) is 5.28. The van der Waals surface area contributed by atoms with E-state index in [0.717, 1.165) is 51.1 Å². The molecule has 146 valence electrons. The minimum atomic E-state index is -0.0971. The minimum absolute atomic E-state index is 0.0971. The SMILES string of the molecule is O=C(NCCCCN1CCN(c2ccccc2)CC1)c1cc2ccccn2n1. The first-order chi connectivity index (χ1) is 13.8. The normalized spacial score (nSPS) is 15.1. The van der Waals surface area contributed by atoms with Gasteiger partial charge in [-0.25, -0.2) is 4.52 Å². The zero-order chi connectivity index (χ0) is 19.2. The van der Waals surface area contributed by atoms with Crippen LogP contribution in [0.2, 0.25) is 0 Å². The van der Waals surface area contributed by atoms with Crippen molar-refractivity contribution in [3.63, 3.8) is 0 Å². The molecule has 4 rings (SSSR count). The lowest BCUT2D eigenvalue weighted by Crippen LogP contribution is -2.46. The van der Waals surface area contributed by atoms with Gasteiger partial charge < -0.3 is 10.2 Å². The van der Waals surface area contributed by atoms with Crippen LogP contribution in [0.15, 0.2) is 60.8 Å². The number of hydrogen-bond acceptors (Lipinski definition) is 4. The van der Waals surface area contributed by atoms with Crippen LogP contribution in [-0.4, -0.2) is 59.7 Å². The largest absolute Gasteiger partial charge is 0.369 e. The van der Waals surface area contributed by atoms with E-state index in [1.165, 1.54) is 5.69 Å². The number of anilines is 1. The second-order valence-corrected chi connectivity index (χ2v) is 7.23. The van der Waals surface area contributed by atoms with Crippen LogP contribution in [-0.2, 0) is 0 Å². The summed E-state index contributed by atoms with van der Waals surface area (Å²) in [6, 6.07) is 18.2. The van der Waals surface area contributed by atoms with Crippen LogP contribution in [0.3, 0.4) is 0 Å². The van der Waals surface area contributed by atoms with Gasteiger partial charge in [-0.1, -0.05) is 24.3 Å². The Bertz CT molecular complexity index is 866. The van der Waals surface area contributed by atoms with Gasteiger partial charge in [0.1, 0.15) is 0 Å². The van der Waals surface area contributed by atoms with Gasteiger partial charge in [0.2, 0.25) is 0 Å². The summed E-state index contributed by atoms with van der Waals surface area (Å²) in [6.07, 6.45) is 3.93. The zero-order valence-corrected chi connectivity index (χ0v) is 16.1. The summed E-state index contributed by atoms with van der Waals surface area (Å²) in [6.45, 7) is 6.14. The summed E-state index contributed by atoms with van der Waals surface area (Å²) in [5, 5.41) is 7.29. The molecule has 1 N–H and O–H groups in total. The number of pyridine rings is 1. The molecule has 1 aromatic carbocycles. The van der Waals surface area contributed by atoms with E-state index in [9.17, 15) is 4.79 Å². The molecular formula is C22H27N5O. The quantitative estimate of drug-likeness (QED) is 0.643. The molecule has 1 aliphatic heterocycles. The van der Waals surface area contributed by atoms with Crippen molar-refractivity contribution in [3.8, 4) is 0 Å². The fourth-order valence-corrected chi connectivity index (χ4v) is 3.67. The van der Waals surface area contributed by atoms with E-state index in [2.05, 4.69) is 50.5 Å². The number of rotatable bonds is 7. The maximum atomic E-state index is 12.2. The van der Waals surface area contributed by atoms with Crippen LogP contribution in [0, 0.1) is 0 Å². The molecule has 2 aromatic heterocycles. The molecule has 1 amide bonds. The van der Waals surface area contributed by atoms with Gasteiger partial charge in [-0.05, 0) is 49.7 Å². The van der Waals surface area contributed by atoms with Crippen molar-refractivity contribution in [2.75, 3.05) is 44.2 Å². The third-order valence-electron chi connectivity index (χ3n) is 5.28. The van der Waals surface area contributed by atoms with Crippen molar-refractivity contribution < 1.29 is 4.79 Å².